The van der Waals surface area contributed by atoms with Crippen LogP contribution in [0.3, 0.4) is 0 Å². The number of halogens is 2. The monoisotopic (exact) mass is 432 g/mol. The number of amides is 1. The molecule has 2 aliphatic heterocycles. The molecule has 2 saturated heterocycles. The van der Waals surface area contributed by atoms with Crippen LogP contribution in [0, 0.1) is 12.8 Å². The second-order valence-electron chi connectivity index (χ2n) is 7.70. The predicted octanol–water partition coefficient (Wildman–Crippen LogP) is 2.22. The minimum Gasteiger partial charge on any atom is -0.351 e. The van der Waals surface area contributed by atoms with E-state index in [1.165, 1.54) is 19.3 Å². The van der Waals surface area contributed by atoms with Crippen molar-refractivity contribution in [3.8, 4) is 0 Å². The van der Waals surface area contributed by atoms with Crippen molar-refractivity contribution >= 4 is 30.7 Å². The Labute approximate surface area is 180 Å². The first kappa shape index (κ1) is 25.0. The lowest BCUT2D eigenvalue weighted by molar-refractivity contribution is 0.0943. The number of carbonyl (C=O) groups is 1. The molecule has 1 amide bonds. The fourth-order valence-corrected chi connectivity index (χ4v) is 4.04. The maximum absolute atomic E-state index is 12.8. The van der Waals surface area contributed by atoms with E-state index in [1.54, 1.807) is 4.57 Å². The third-order valence-electron chi connectivity index (χ3n) is 5.62. The van der Waals surface area contributed by atoms with Gasteiger partial charge in [0.1, 0.15) is 5.56 Å². The van der Waals surface area contributed by atoms with E-state index in [9.17, 15) is 9.59 Å². The Morgan fingerprint density at radius 2 is 1.96 bits per heavy atom. The van der Waals surface area contributed by atoms with E-state index in [0.717, 1.165) is 51.1 Å². The quantitative estimate of drug-likeness (QED) is 0.722. The zero-order chi connectivity index (χ0) is 18.4. The van der Waals surface area contributed by atoms with E-state index in [0.29, 0.717) is 24.6 Å². The first-order valence-electron chi connectivity index (χ1n) is 10.1. The molecule has 6 nitrogen and oxygen atoms in total. The molecule has 0 aliphatic carbocycles. The van der Waals surface area contributed by atoms with Crippen LogP contribution in [-0.4, -0.2) is 54.6 Å². The van der Waals surface area contributed by atoms with Crippen molar-refractivity contribution in [1.82, 2.24) is 20.1 Å². The van der Waals surface area contributed by atoms with Crippen LogP contribution in [0.2, 0.25) is 0 Å². The van der Waals surface area contributed by atoms with Crippen LogP contribution < -0.4 is 16.2 Å². The number of hydrogen-bond donors (Lipinski definition) is 2. The number of nitrogens with zero attached hydrogens (tertiary/aromatic N) is 2. The van der Waals surface area contributed by atoms with Gasteiger partial charge in [-0.2, -0.15) is 0 Å². The van der Waals surface area contributed by atoms with Crippen molar-refractivity contribution in [3.05, 3.63) is 33.7 Å². The number of pyridine rings is 1. The van der Waals surface area contributed by atoms with Crippen LogP contribution >= 0.6 is 24.8 Å². The van der Waals surface area contributed by atoms with E-state index in [2.05, 4.69) is 15.5 Å². The van der Waals surface area contributed by atoms with Crippen molar-refractivity contribution in [2.24, 2.45) is 5.92 Å². The van der Waals surface area contributed by atoms with E-state index in [1.807, 2.05) is 19.2 Å². The molecule has 0 aromatic carbocycles. The Morgan fingerprint density at radius 3 is 2.64 bits per heavy atom. The Kier molecular flexibility index (Phi) is 11.1. The Balaban J connectivity index is 0.00000196. The minimum absolute atomic E-state index is 0. The van der Waals surface area contributed by atoms with E-state index in [-0.39, 0.29) is 36.3 Å². The highest BCUT2D eigenvalue weighted by molar-refractivity contribution is 5.95. The number of carbonyl (C=O) groups excluding carboxylic acids is 1. The molecule has 3 rings (SSSR count). The molecule has 1 atom stereocenters. The molecular formula is C20H34Cl2N4O2. The molecule has 0 radical (unpaired) electrons. The van der Waals surface area contributed by atoms with E-state index in [4.69, 9.17) is 0 Å². The van der Waals surface area contributed by atoms with Crippen molar-refractivity contribution in [2.75, 3.05) is 39.3 Å². The third kappa shape index (κ3) is 6.76. The maximum Gasteiger partial charge on any atom is 0.263 e. The molecule has 3 heterocycles. The molecule has 2 aliphatic rings. The highest BCUT2D eigenvalue weighted by Crippen LogP contribution is 2.12. The Morgan fingerprint density at radius 1 is 1.21 bits per heavy atom. The molecule has 1 unspecified atom stereocenters. The van der Waals surface area contributed by atoms with Gasteiger partial charge in [0.05, 0.1) is 0 Å². The first-order valence-corrected chi connectivity index (χ1v) is 10.1. The zero-order valence-corrected chi connectivity index (χ0v) is 18.4. The number of rotatable bonds is 6. The average Bonchev–Trinajstić information content (AvgIpc) is 2.66. The van der Waals surface area contributed by atoms with Crippen LogP contribution in [0.4, 0.5) is 0 Å². The number of aryl methyl sites for hydroxylation is 1. The summed E-state index contributed by atoms with van der Waals surface area (Å²) in [5.41, 5.74) is 0.893. The second kappa shape index (κ2) is 12.5. The number of likely N-dealkylation sites (tertiary alicyclic amines) is 1. The highest BCUT2D eigenvalue weighted by atomic mass is 35.5. The van der Waals surface area contributed by atoms with Crippen LogP contribution in [0.5, 0.6) is 0 Å². The summed E-state index contributed by atoms with van der Waals surface area (Å²) >= 11 is 0. The maximum atomic E-state index is 12.8. The zero-order valence-electron chi connectivity index (χ0n) is 16.7. The minimum atomic E-state index is -0.236. The average molecular weight is 433 g/mol. The van der Waals surface area contributed by atoms with E-state index >= 15 is 0 Å². The molecule has 8 heteroatoms. The molecule has 0 spiro atoms. The summed E-state index contributed by atoms with van der Waals surface area (Å²) in [6, 6.07) is 1.89. The Hall–Kier alpha value is -1.08. The highest BCUT2D eigenvalue weighted by Gasteiger charge is 2.19. The summed E-state index contributed by atoms with van der Waals surface area (Å²) in [6.07, 6.45) is 7.90. The molecule has 0 bridgehead atoms. The fraction of sp³-hybridized carbons (Fsp3) is 0.700. The molecule has 2 N–H and O–H groups in total. The standard InChI is InChI=1S/C20H32N4O2.2ClH/c1-16-7-12-24(15-17-6-5-8-21-14-17)20(26)18(16)19(25)22-9-13-23-10-3-2-4-11-23;;/h7,12,17,21H,2-6,8-11,13-15H2,1H3,(H,22,25);2*1H. The molecule has 1 aromatic heterocycles. The van der Waals surface area contributed by atoms with Crippen molar-refractivity contribution in [2.45, 2.75) is 45.6 Å². The summed E-state index contributed by atoms with van der Waals surface area (Å²) in [5, 5.41) is 6.34. The number of piperidine rings is 2. The van der Waals surface area contributed by atoms with Gasteiger partial charge in [0.2, 0.25) is 0 Å². The van der Waals surface area contributed by atoms with E-state index < -0.39 is 0 Å². The van der Waals surface area contributed by atoms with Crippen molar-refractivity contribution in [1.29, 1.82) is 0 Å². The topological polar surface area (TPSA) is 66.4 Å². The second-order valence-corrected chi connectivity index (χ2v) is 7.70. The summed E-state index contributed by atoms with van der Waals surface area (Å²) < 4.78 is 1.71. The van der Waals surface area contributed by atoms with Gasteiger partial charge in [-0.15, -0.1) is 24.8 Å². The Bertz CT molecular complexity index is 669. The number of aromatic nitrogens is 1. The molecule has 160 valence electrons. The number of hydrogen-bond acceptors (Lipinski definition) is 4. The largest absolute Gasteiger partial charge is 0.351 e. The van der Waals surface area contributed by atoms with Crippen LogP contribution in [0.1, 0.15) is 48.0 Å². The summed E-state index contributed by atoms with van der Waals surface area (Å²) in [5.74, 6) is 0.222. The molecule has 2 fully saturated rings. The third-order valence-corrected chi connectivity index (χ3v) is 5.62. The van der Waals surface area contributed by atoms with Crippen LogP contribution in [0.25, 0.3) is 0 Å². The summed E-state index contributed by atoms with van der Waals surface area (Å²) in [7, 11) is 0. The first-order chi connectivity index (χ1) is 12.6. The van der Waals surface area contributed by atoms with Gasteiger partial charge in [0.15, 0.2) is 0 Å². The van der Waals surface area contributed by atoms with Crippen LogP contribution in [0.15, 0.2) is 17.1 Å². The summed E-state index contributed by atoms with van der Waals surface area (Å²) in [6.45, 7) is 8.21. The molecule has 0 saturated carbocycles. The van der Waals surface area contributed by atoms with Crippen molar-refractivity contribution < 1.29 is 4.79 Å². The van der Waals surface area contributed by atoms with Crippen LogP contribution in [-0.2, 0) is 6.54 Å². The fourth-order valence-electron chi connectivity index (χ4n) is 4.04. The van der Waals surface area contributed by atoms with Gasteiger partial charge in [-0.25, -0.2) is 0 Å². The van der Waals surface area contributed by atoms with Gasteiger partial charge in [0, 0.05) is 25.8 Å². The molecule has 1 aromatic rings. The SMILES string of the molecule is Cc1ccn(CC2CCCNC2)c(=O)c1C(=O)NCCN1CCCCC1.Cl.Cl. The van der Waals surface area contributed by atoms with Gasteiger partial charge in [0.25, 0.3) is 11.5 Å². The van der Waals surface area contributed by atoms with Gasteiger partial charge in [-0.1, -0.05) is 6.42 Å². The van der Waals surface area contributed by atoms with Gasteiger partial charge >= 0.3 is 0 Å². The van der Waals surface area contributed by atoms with Gasteiger partial charge < -0.3 is 20.1 Å². The lowest BCUT2D eigenvalue weighted by atomic mass is 9.99. The smallest absolute Gasteiger partial charge is 0.263 e. The summed E-state index contributed by atoms with van der Waals surface area (Å²) in [4.78, 5) is 27.8. The predicted molar refractivity (Wildman–Crippen MR) is 118 cm³/mol. The van der Waals surface area contributed by atoms with Crippen molar-refractivity contribution in [3.63, 3.8) is 0 Å². The molecular weight excluding hydrogens is 399 g/mol. The molecule has 28 heavy (non-hydrogen) atoms. The lowest BCUT2D eigenvalue weighted by Gasteiger charge is -2.26. The lowest BCUT2D eigenvalue weighted by Crippen LogP contribution is -2.40. The van der Waals surface area contributed by atoms with Gasteiger partial charge in [-0.3, -0.25) is 9.59 Å². The number of nitrogens with one attached hydrogen (secondary N) is 2. The normalized spacial score (nSPS) is 20.0. The van der Waals surface area contributed by atoms with Gasteiger partial charge in [-0.05, 0) is 76.3 Å².